The monoisotopic (exact) mass is 422 g/mol. The SMILES string of the molecule is CC(C)C(=O)N(Cc1ccc(F)cc1)[C@H](Cc1ccccc1)C(=O)NCc1ccco1. The van der Waals surface area contributed by atoms with Crippen molar-refractivity contribution >= 4 is 11.8 Å². The maximum absolute atomic E-state index is 13.4. The van der Waals surface area contributed by atoms with E-state index in [2.05, 4.69) is 5.32 Å². The third kappa shape index (κ3) is 6.28. The molecule has 162 valence electrons. The molecule has 3 rings (SSSR count). The fourth-order valence-corrected chi connectivity index (χ4v) is 3.35. The minimum absolute atomic E-state index is 0.140. The summed E-state index contributed by atoms with van der Waals surface area (Å²) >= 11 is 0. The van der Waals surface area contributed by atoms with Crippen LogP contribution in [0.5, 0.6) is 0 Å². The Morgan fingerprint density at radius 1 is 0.968 bits per heavy atom. The Balaban J connectivity index is 1.89. The van der Waals surface area contributed by atoms with Crippen molar-refractivity contribution in [2.24, 2.45) is 5.92 Å². The van der Waals surface area contributed by atoms with Crippen molar-refractivity contribution in [2.75, 3.05) is 0 Å². The van der Waals surface area contributed by atoms with E-state index >= 15 is 0 Å². The van der Waals surface area contributed by atoms with Gasteiger partial charge in [0.1, 0.15) is 17.6 Å². The molecule has 0 radical (unpaired) electrons. The molecule has 0 fully saturated rings. The van der Waals surface area contributed by atoms with Crippen molar-refractivity contribution < 1.29 is 18.4 Å². The van der Waals surface area contributed by atoms with Crippen molar-refractivity contribution in [1.29, 1.82) is 0 Å². The second kappa shape index (κ2) is 10.6. The molecule has 1 N–H and O–H groups in total. The van der Waals surface area contributed by atoms with Gasteiger partial charge in [-0.2, -0.15) is 0 Å². The molecule has 31 heavy (non-hydrogen) atoms. The number of amides is 2. The van der Waals surface area contributed by atoms with Crippen LogP contribution in [0, 0.1) is 11.7 Å². The molecule has 1 aromatic heterocycles. The van der Waals surface area contributed by atoms with Crippen LogP contribution < -0.4 is 5.32 Å². The zero-order valence-corrected chi connectivity index (χ0v) is 17.8. The summed E-state index contributed by atoms with van der Waals surface area (Å²) < 4.78 is 18.7. The lowest BCUT2D eigenvalue weighted by atomic mass is 10.0. The Kier molecular flexibility index (Phi) is 7.60. The van der Waals surface area contributed by atoms with Crippen LogP contribution in [-0.4, -0.2) is 22.8 Å². The van der Waals surface area contributed by atoms with Gasteiger partial charge in [0, 0.05) is 18.9 Å². The highest BCUT2D eigenvalue weighted by molar-refractivity contribution is 5.88. The minimum Gasteiger partial charge on any atom is -0.467 e. The summed E-state index contributed by atoms with van der Waals surface area (Å²) in [5.74, 6) is -0.416. The molecule has 0 spiro atoms. The topological polar surface area (TPSA) is 62.6 Å². The Hall–Kier alpha value is -3.41. The van der Waals surface area contributed by atoms with Crippen LogP contribution in [0.15, 0.2) is 77.4 Å². The highest BCUT2D eigenvalue weighted by atomic mass is 19.1. The predicted octanol–water partition coefficient (Wildman–Crippen LogP) is 4.33. The normalized spacial score (nSPS) is 11.9. The van der Waals surface area contributed by atoms with Crippen LogP contribution in [0.1, 0.15) is 30.7 Å². The Morgan fingerprint density at radius 2 is 1.68 bits per heavy atom. The maximum atomic E-state index is 13.4. The van der Waals surface area contributed by atoms with E-state index in [0.717, 1.165) is 11.1 Å². The molecule has 1 heterocycles. The number of carbonyl (C=O) groups is 2. The third-order valence-electron chi connectivity index (χ3n) is 5.01. The molecule has 3 aromatic rings. The van der Waals surface area contributed by atoms with E-state index in [1.165, 1.54) is 12.1 Å². The molecule has 1 atom stereocenters. The van der Waals surface area contributed by atoms with Gasteiger partial charge in [0.05, 0.1) is 12.8 Å². The van der Waals surface area contributed by atoms with Crippen molar-refractivity contribution in [2.45, 2.75) is 39.4 Å². The van der Waals surface area contributed by atoms with Gasteiger partial charge >= 0.3 is 0 Å². The van der Waals surface area contributed by atoms with Gasteiger partial charge in [0.2, 0.25) is 11.8 Å². The molecule has 0 aliphatic rings. The number of hydrogen-bond donors (Lipinski definition) is 1. The number of carbonyl (C=O) groups excluding carboxylic acids is 2. The summed E-state index contributed by atoms with van der Waals surface area (Å²) in [6.07, 6.45) is 1.91. The van der Waals surface area contributed by atoms with Gasteiger partial charge in [-0.25, -0.2) is 4.39 Å². The standard InChI is InChI=1S/C25H27FN2O3/c1-18(2)25(30)28(17-20-10-12-21(26)13-11-20)23(15-19-7-4-3-5-8-19)24(29)27-16-22-9-6-14-31-22/h3-14,18,23H,15-17H2,1-2H3,(H,27,29)/t23-/m1/s1. The maximum Gasteiger partial charge on any atom is 0.243 e. The first-order valence-electron chi connectivity index (χ1n) is 10.3. The van der Waals surface area contributed by atoms with Crippen LogP contribution in [0.4, 0.5) is 4.39 Å². The van der Waals surface area contributed by atoms with Gasteiger partial charge in [-0.3, -0.25) is 9.59 Å². The van der Waals surface area contributed by atoms with E-state index in [9.17, 15) is 14.0 Å². The number of nitrogens with one attached hydrogen (secondary N) is 1. The zero-order chi connectivity index (χ0) is 22.2. The van der Waals surface area contributed by atoms with Crippen molar-refractivity contribution in [3.8, 4) is 0 Å². The van der Waals surface area contributed by atoms with Crippen LogP contribution in [0.25, 0.3) is 0 Å². The van der Waals surface area contributed by atoms with Gasteiger partial charge in [-0.05, 0) is 35.4 Å². The minimum atomic E-state index is -0.725. The third-order valence-corrected chi connectivity index (χ3v) is 5.01. The lowest BCUT2D eigenvalue weighted by molar-refractivity contribution is -0.143. The number of benzene rings is 2. The molecule has 0 aliphatic carbocycles. The molecule has 0 unspecified atom stereocenters. The van der Waals surface area contributed by atoms with Crippen LogP contribution in [-0.2, 0) is 29.1 Å². The molecule has 0 saturated carbocycles. The van der Waals surface area contributed by atoms with Crippen molar-refractivity contribution in [3.63, 3.8) is 0 Å². The van der Waals surface area contributed by atoms with Gasteiger partial charge in [0.15, 0.2) is 0 Å². The number of nitrogens with zero attached hydrogens (tertiary/aromatic N) is 1. The molecule has 0 bridgehead atoms. The molecule has 6 heteroatoms. The summed E-state index contributed by atoms with van der Waals surface area (Å²) in [5.41, 5.74) is 1.70. The first kappa shape index (κ1) is 22.3. The molecule has 2 aromatic carbocycles. The number of hydrogen-bond acceptors (Lipinski definition) is 3. The van der Waals surface area contributed by atoms with E-state index in [4.69, 9.17) is 4.42 Å². The van der Waals surface area contributed by atoms with E-state index in [1.807, 2.05) is 30.3 Å². The van der Waals surface area contributed by atoms with Gasteiger partial charge in [-0.15, -0.1) is 0 Å². The van der Waals surface area contributed by atoms with Gasteiger partial charge in [-0.1, -0.05) is 56.3 Å². The zero-order valence-electron chi connectivity index (χ0n) is 17.8. The lowest BCUT2D eigenvalue weighted by Gasteiger charge is -2.32. The number of halogens is 1. The summed E-state index contributed by atoms with van der Waals surface area (Å²) in [5, 5.41) is 2.89. The second-order valence-corrected chi connectivity index (χ2v) is 7.75. The highest BCUT2D eigenvalue weighted by Crippen LogP contribution is 2.18. The van der Waals surface area contributed by atoms with E-state index < -0.39 is 6.04 Å². The van der Waals surface area contributed by atoms with Crippen LogP contribution >= 0.6 is 0 Å². The Morgan fingerprint density at radius 3 is 2.29 bits per heavy atom. The molecule has 2 amide bonds. The molecular weight excluding hydrogens is 395 g/mol. The Labute approximate surface area is 181 Å². The molecular formula is C25H27FN2O3. The Bertz CT molecular complexity index is 970. The average molecular weight is 423 g/mol. The summed E-state index contributed by atoms with van der Waals surface area (Å²) in [7, 11) is 0. The largest absolute Gasteiger partial charge is 0.467 e. The first-order chi connectivity index (χ1) is 14.9. The molecule has 5 nitrogen and oxygen atoms in total. The fraction of sp³-hybridized carbons (Fsp3) is 0.280. The van der Waals surface area contributed by atoms with E-state index in [1.54, 1.807) is 49.3 Å². The number of rotatable bonds is 9. The van der Waals surface area contributed by atoms with Gasteiger partial charge < -0.3 is 14.6 Å². The van der Waals surface area contributed by atoms with E-state index in [-0.39, 0.29) is 36.6 Å². The number of furan rings is 1. The fourth-order valence-electron chi connectivity index (χ4n) is 3.35. The van der Waals surface area contributed by atoms with Crippen LogP contribution in [0.3, 0.4) is 0 Å². The summed E-state index contributed by atoms with van der Waals surface area (Å²) in [6.45, 7) is 4.06. The quantitative estimate of drug-likeness (QED) is 0.558. The highest BCUT2D eigenvalue weighted by Gasteiger charge is 2.31. The van der Waals surface area contributed by atoms with E-state index in [0.29, 0.717) is 12.2 Å². The lowest BCUT2D eigenvalue weighted by Crippen LogP contribution is -2.51. The van der Waals surface area contributed by atoms with Crippen molar-refractivity contribution in [3.05, 3.63) is 95.7 Å². The average Bonchev–Trinajstić information content (AvgIpc) is 3.29. The second-order valence-electron chi connectivity index (χ2n) is 7.75. The predicted molar refractivity (Wildman–Crippen MR) is 116 cm³/mol. The van der Waals surface area contributed by atoms with Crippen molar-refractivity contribution in [1.82, 2.24) is 10.2 Å². The first-order valence-corrected chi connectivity index (χ1v) is 10.3. The molecule has 0 saturated heterocycles. The smallest absolute Gasteiger partial charge is 0.243 e. The summed E-state index contributed by atoms with van der Waals surface area (Å²) in [6, 6.07) is 18.4. The van der Waals surface area contributed by atoms with Gasteiger partial charge in [0.25, 0.3) is 0 Å². The summed E-state index contributed by atoms with van der Waals surface area (Å²) in [4.78, 5) is 28.0. The van der Waals surface area contributed by atoms with Crippen LogP contribution in [0.2, 0.25) is 0 Å². The molecule has 0 aliphatic heterocycles.